The van der Waals surface area contributed by atoms with Crippen molar-refractivity contribution in [1.29, 1.82) is 0 Å². The van der Waals surface area contributed by atoms with Crippen LogP contribution in [-0.4, -0.2) is 64.6 Å². The highest BCUT2D eigenvalue weighted by Crippen LogP contribution is 2.30. The van der Waals surface area contributed by atoms with Gasteiger partial charge in [0.25, 0.3) is 0 Å². The molecule has 0 radical (unpaired) electrons. The number of benzene rings is 2. The molecule has 0 bridgehead atoms. The lowest BCUT2D eigenvalue weighted by Gasteiger charge is -2.36. The molecule has 4 aromatic rings. The summed E-state index contributed by atoms with van der Waals surface area (Å²) in [7, 11) is 1.68. The molecule has 1 fully saturated rings. The first-order valence-corrected chi connectivity index (χ1v) is 12.5. The van der Waals surface area contributed by atoms with Crippen molar-refractivity contribution in [3.05, 3.63) is 67.3 Å². The summed E-state index contributed by atoms with van der Waals surface area (Å²) < 4.78 is 13.4. The first-order valence-electron chi connectivity index (χ1n) is 11.5. The highest BCUT2D eigenvalue weighted by Gasteiger charge is 2.24. The summed E-state index contributed by atoms with van der Waals surface area (Å²) in [6.45, 7) is 7.25. The number of ether oxygens (including phenoxy) is 1. The number of carbonyl (C=O) groups excluding carboxylic acids is 1. The molecule has 1 aliphatic heterocycles. The number of aromatic nitrogens is 3. The Morgan fingerprint density at radius 2 is 1.89 bits per heavy atom. The van der Waals surface area contributed by atoms with Crippen LogP contribution in [0.2, 0.25) is 0 Å². The van der Waals surface area contributed by atoms with Gasteiger partial charge in [0.2, 0.25) is 11.7 Å². The zero-order valence-corrected chi connectivity index (χ0v) is 20.4. The van der Waals surface area contributed by atoms with Gasteiger partial charge in [-0.1, -0.05) is 48.2 Å². The van der Waals surface area contributed by atoms with Crippen molar-refractivity contribution in [3.8, 4) is 17.3 Å². The second-order valence-corrected chi connectivity index (χ2v) is 9.12. The number of allylic oxidation sites excluding steroid dienone is 1. The van der Waals surface area contributed by atoms with E-state index in [2.05, 4.69) is 27.7 Å². The lowest BCUT2D eigenvalue weighted by atomic mass is 10.2. The average molecular weight is 490 g/mol. The molecule has 3 heterocycles. The molecule has 5 rings (SSSR count). The molecule has 1 saturated heterocycles. The van der Waals surface area contributed by atoms with E-state index in [0.717, 1.165) is 35.5 Å². The minimum absolute atomic E-state index is 0.0908. The molecule has 1 amide bonds. The zero-order chi connectivity index (χ0) is 24.2. The third kappa shape index (κ3) is 4.77. The van der Waals surface area contributed by atoms with Crippen LogP contribution in [0.3, 0.4) is 0 Å². The molecule has 180 valence electrons. The molecule has 8 nitrogen and oxygen atoms in total. The molecule has 0 aliphatic carbocycles. The topological polar surface area (TPSA) is 76.6 Å². The Hall–Kier alpha value is -3.72. The van der Waals surface area contributed by atoms with E-state index in [9.17, 15) is 4.79 Å². The molecule has 35 heavy (non-hydrogen) atoms. The largest absolute Gasteiger partial charge is 0.495 e. The van der Waals surface area contributed by atoms with E-state index in [1.807, 2.05) is 58.0 Å². The van der Waals surface area contributed by atoms with Gasteiger partial charge >= 0.3 is 0 Å². The van der Waals surface area contributed by atoms with Crippen molar-refractivity contribution >= 4 is 34.3 Å². The van der Waals surface area contributed by atoms with Crippen LogP contribution >= 0.6 is 11.8 Å². The number of furan rings is 1. The summed E-state index contributed by atoms with van der Waals surface area (Å²) in [4.78, 5) is 17.1. The maximum atomic E-state index is 13.0. The molecular weight excluding hydrogens is 462 g/mol. The summed E-state index contributed by atoms with van der Waals surface area (Å²) in [5, 5.41) is 10.4. The quantitative estimate of drug-likeness (QED) is 0.269. The lowest BCUT2D eigenvalue weighted by molar-refractivity contribution is -0.128. The fourth-order valence-corrected chi connectivity index (χ4v) is 5.12. The second-order valence-electron chi connectivity index (χ2n) is 8.18. The summed E-state index contributed by atoms with van der Waals surface area (Å²) in [6.07, 6.45) is 1.79. The molecule has 0 unspecified atom stereocenters. The Balaban J connectivity index is 1.23. The summed E-state index contributed by atoms with van der Waals surface area (Å²) in [5.41, 5.74) is 1.86. The maximum Gasteiger partial charge on any atom is 0.233 e. The molecule has 2 aromatic heterocycles. The van der Waals surface area contributed by atoms with Crippen LogP contribution in [0.25, 0.3) is 22.6 Å². The number of para-hydroxylation sites is 3. The number of carbonyl (C=O) groups is 1. The van der Waals surface area contributed by atoms with Crippen LogP contribution in [-0.2, 0) is 11.3 Å². The predicted octanol–water partition coefficient (Wildman–Crippen LogP) is 4.33. The molecule has 9 heteroatoms. The third-order valence-electron chi connectivity index (χ3n) is 6.06. The van der Waals surface area contributed by atoms with Crippen LogP contribution in [0.5, 0.6) is 5.75 Å². The standard InChI is InChI=1S/C26H27N5O3S/c1-3-12-31-25(23-17-19-8-4-6-10-21(19)34-23)27-28-26(31)35-18-24(32)30-15-13-29(14-16-30)20-9-5-7-11-22(20)33-2/h3-11,17H,1,12-16,18H2,2H3. The van der Waals surface area contributed by atoms with Crippen LogP contribution in [0.15, 0.2) is 76.8 Å². The van der Waals surface area contributed by atoms with Crippen molar-refractivity contribution in [1.82, 2.24) is 19.7 Å². The van der Waals surface area contributed by atoms with Gasteiger partial charge in [-0.25, -0.2) is 0 Å². The van der Waals surface area contributed by atoms with Crippen LogP contribution in [0.1, 0.15) is 0 Å². The zero-order valence-electron chi connectivity index (χ0n) is 19.6. The van der Waals surface area contributed by atoms with Crippen molar-refractivity contribution in [2.75, 3.05) is 43.9 Å². The molecule has 0 saturated carbocycles. The first-order chi connectivity index (χ1) is 17.2. The van der Waals surface area contributed by atoms with Gasteiger partial charge in [0.05, 0.1) is 18.6 Å². The van der Waals surface area contributed by atoms with E-state index in [1.165, 1.54) is 11.8 Å². The Morgan fingerprint density at radius 1 is 1.11 bits per heavy atom. The van der Waals surface area contributed by atoms with Gasteiger partial charge < -0.3 is 19.0 Å². The Kier molecular flexibility index (Phi) is 6.76. The normalized spacial score (nSPS) is 13.9. The molecule has 0 atom stereocenters. The fourth-order valence-electron chi connectivity index (χ4n) is 4.27. The van der Waals surface area contributed by atoms with Gasteiger partial charge in [-0.3, -0.25) is 9.36 Å². The van der Waals surface area contributed by atoms with E-state index in [1.54, 1.807) is 13.2 Å². The van der Waals surface area contributed by atoms with Gasteiger partial charge in [0, 0.05) is 38.1 Å². The highest BCUT2D eigenvalue weighted by molar-refractivity contribution is 7.99. The highest BCUT2D eigenvalue weighted by atomic mass is 32.2. The maximum absolute atomic E-state index is 13.0. The summed E-state index contributed by atoms with van der Waals surface area (Å²) >= 11 is 1.39. The number of methoxy groups -OCH3 is 1. The number of piperazine rings is 1. The van der Waals surface area contributed by atoms with E-state index >= 15 is 0 Å². The van der Waals surface area contributed by atoms with E-state index in [-0.39, 0.29) is 5.91 Å². The van der Waals surface area contributed by atoms with Gasteiger partial charge in [-0.15, -0.1) is 16.8 Å². The fraction of sp³-hybridized carbons (Fsp3) is 0.269. The number of amides is 1. The van der Waals surface area contributed by atoms with Gasteiger partial charge in [-0.05, 0) is 24.3 Å². The number of hydrogen-bond donors (Lipinski definition) is 0. The molecule has 2 aromatic carbocycles. The minimum Gasteiger partial charge on any atom is -0.495 e. The first kappa shape index (κ1) is 23.0. The third-order valence-corrected chi connectivity index (χ3v) is 7.01. The van der Waals surface area contributed by atoms with Crippen molar-refractivity contribution in [3.63, 3.8) is 0 Å². The summed E-state index contributed by atoms with van der Waals surface area (Å²) in [6, 6.07) is 17.8. The predicted molar refractivity (Wildman–Crippen MR) is 138 cm³/mol. The average Bonchev–Trinajstić information content (AvgIpc) is 3.51. The number of fused-ring (bicyclic) bond motifs is 1. The number of nitrogens with zero attached hydrogens (tertiary/aromatic N) is 5. The van der Waals surface area contributed by atoms with E-state index in [4.69, 9.17) is 9.15 Å². The van der Waals surface area contributed by atoms with Crippen molar-refractivity contribution < 1.29 is 13.9 Å². The van der Waals surface area contributed by atoms with Crippen molar-refractivity contribution in [2.45, 2.75) is 11.7 Å². The summed E-state index contributed by atoms with van der Waals surface area (Å²) in [5.74, 6) is 2.51. The van der Waals surface area contributed by atoms with Crippen molar-refractivity contribution in [2.24, 2.45) is 0 Å². The smallest absolute Gasteiger partial charge is 0.233 e. The van der Waals surface area contributed by atoms with Crippen LogP contribution in [0.4, 0.5) is 5.69 Å². The SMILES string of the molecule is C=CCn1c(SCC(=O)N2CCN(c3ccccc3OC)CC2)nnc1-c1cc2ccccc2o1. The number of hydrogen-bond acceptors (Lipinski definition) is 7. The lowest BCUT2D eigenvalue weighted by Crippen LogP contribution is -2.49. The van der Waals surface area contributed by atoms with Crippen LogP contribution in [0, 0.1) is 0 Å². The minimum atomic E-state index is 0.0908. The van der Waals surface area contributed by atoms with Crippen LogP contribution < -0.4 is 9.64 Å². The molecule has 0 N–H and O–H groups in total. The Bertz CT molecular complexity index is 1310. The second kappa shape index (κ2) is 10.3. The van der Waals surface area contributed by atoms with Gasteiger partial charge in [0.1, 0.15) is 11.3 Å². The van der Waals surface area contributed by atoms with Gasteiger partial charge in [0.15, 0.2) is 10.9 Å². The molecular formula is C26H27N5O3S. The molecule has 0 spiro atoms. The van der Waals surface area contributed by atoms with E-state index in [0.29, 0.717) is 42.1 Å². The molecule has 1 aliphatic rings. The monoisotopic (exact) mass is 489 g/mol. The number of rotatable bonds is 8. The number of thioether (sulfide) groups is 1. The van der Waals surface area contributed by atoms with Gasteiger partial charge in [-0.2, -0.15) is 0 Å². The van der Waals surface area contributed by atoms with E-state index < -0.39 is 0 Å². The Morgan fingerprint density at radius 3 is 2.66 bits per heavy atom. The number of anilines is 1. The Labute approximate surface area is 208 Å².